The van der Waals surface area contributed by atoms with Gasteiger partial charge in [-0.1, -0.05) is 23.6 Å². The molecule has 0 unspecified atom stereocenters. The van der Waals surface area contributed by atoms with Gasteiger partial charge in [-0.3, -0.25) is 13.9 Å². The second kappa shape index (κ2) is 11.1. The van der Waals surface area contributed by atoms with E-state index in [9.17, 15) is 18.0 Å². The highest BCUT2D eigenvalue weighted by molar-refractivity contribution is 5.75. The van der Waals surface area contributed by atoms with Gasteiger partial charge in [0.25, 0.3) is 5.56 Å². The summed E-state index contributed by atoms with van der Waals surface area (Å²) in [7, 11) is 1.66. The van der Waals surface area contributed by atoms with Crippen molar-refractivity contribution in [2.24, 2.45) is 7.05 Å². The molecule has 1 fully saturated rings. The molecule has 0 amide bonds. The number of hydrogen-bond acceptors (Lipinski definition) is 7. The van der Waals surface area contributed by atoms with Gasteiger partial charge < -0.3 is 20.1 Å². The van der Waals surface area contributed by atoms with E-state index in [2.05, 4.69) is 27.0 Å². The highest BCUT2D eigenvalue weighted by Gasteiger charge is 2.38. The number of alkyl halides is 3. The van der Waals surface area contributed by atoms with E-state index in [1.807, 2.05) is 35.8 Å². The molecule has 192 valence electrons. The number of nitrogens with zero attached hydrogens (tertiary/aromatic N) is 5. The van der Waals surface area contributed by atoms with Crippen LogP contribution in [0.1, 0.15) is 12.5 Å². The van der Waals surface area contributed by atoms with Crippen molar-refractivity contribution in [3.8, 4) is 23.6 Å². The fourth-order valence-electron chi connectivity index (χ4n) is 3.35. The summed E-state index contributed by atoms with van der Waals surface area (Å²) in [6.07, 6.45) is -5.08. The number of piperazine rings is 1. The van der Waals surface area contributed by atoms with Crippen LogP contribution in [-0.2, 0) is 18.4 Å². The first kappa shape index (κ1) is 26.6. The van der Waals surface area contributed by atoms with Crippen molar-refractivity contribution in [1.82, 2.24) is 24.4 Å². The SMILES string of the molecule is CC#CCn1c(N2CCNCC2)nc2nc(Oc3ccc(C)cc3)n(C)c(=O)c21.O=C(O)C(F)(F)F. The Hall–Kier alpha value is -4.05. The summed E-state index contributed by atoms with van der Waals surface area (Å²) < 4.78 is 40.9. The number of ether oxygens (including phenoxy) is 1. The lowest BCUT2D eigenvalue weighted by Gasteiger charge is -2.28. The molecule has 0 radical (unpaired) electrons. The third-order valence-electron chi connectivity index (χ3n) is 5.21. The van der Waals surface area contributed by atoms with Crippen LogP contribution in [0.15, 0.2) is 29.1 Å². The van der Waals surface area contributed by atoms with E-state index in [-0.39, 0.29) is 11.6 Å². The molecule has 0 saturated carbocycles. The summed E-state index contributed by atoms with van der Waals surface area (Å²) in [6.45, 7) is 7.56. The van der Waals surface area contributed by atoms with Gasteiger partial charge in [0.15, 0.2) is 11.2 Å². The number of imidazole rings is 1. The smallest absolute Gasteiger partial charge is 0.475 e. The number of carboxylic acid groups (broad SMARTS) is 1. The van der Waals surface area contributed by atoms with Gasteiger partial charge in [0.05, 0.1) is 6.54 Å². The minimum Gasteiger partial charge on any atom is -0.475 e. The Balaban J connectivity index is 0.000000454. The largest absolute Gasteiger partial charge is 0.490 e. The molecule has 0 atom stereocenters. The maximum atomic E-state index is 13.2. The molecule has 3 heterocycles. The van der Waals surface area contributed by atoms with E-state index in [0.717, 1.165) is 37.7 Å². The van der Waals surface area contributed by atoms with Gasteiger partial charge in [0, 0.05) is 33.2 Å². The first-order chi connectivity index (χ1) is 17.0. The van der Waals surface area contributed by atoms with Crippen LogP contribution in [0.4, 0.5) is 19.1 Å². The molecule has 0 bridgehead atoms. The highest BCUT2D eigenvalue weighted by atomic mass is 19.4. The molecule has 1 aromatic carbocycles. The Morgan fingerprint density at radius 2 is 1.81 bits per heavy atom. The lowest BCUT2D eigenvalue weighted by Crippen LogP contribution is -2.44. The number of aromatic nitrogens is 4. The average Bonchev–Trinajstić information content (AvgIpc) is 3.21. The number of fused-ring (bicyclic) bond motifs is 1. The number of anilines is 1. The van der Waals surface area contributed by atoms with Crippen molar-refractivity contribution >= 4 is 23.1 Å². The quantitative estimate of drug-likeness (QED) is 0.519. The van der Waals surface area contributed by atoms with Crippen LogP contribution in [0.3, 0.4) is 0 Å². The van der Waals surface area contributed by atoms with Crippen LogP contribution in [0, 0.1) is 18.8 Å². The molecular weight excluding hydrogens is 481 g/mol. The molecule has 2 aromatic heterocycles. The van der Waals surface area contributed by atoms with Crippen molar-refractivity contribution in [1.29, 1.82) is 0 Å². The molecule has 0 spiro atoms. The van der Waals surface area contributed by atoms with Crippen LogP contribution in [0.25, 0.3) is 11.2 Å². The predicted molar refractivity (Wildman–Crippen MR) is 126 cm³/mol. The Morgan fingerprint density at radius 3 is 2.36 bits per heavy atom. The van der Waals surface area contributed by atoms with Crippen molar-refractivity contribution in [2.45, 2.75) is 26.6 Å². The standard InChI is InChI=1S/C21H24N6O2.C2HF3O2/c1-4-5-12-27-17-18(23-20(27)26-13-10-22-11-14-26)24-21(25(3)19(17)28)29-16-8-6-15(2)7-9-16;3-2(4,5)1(6)7/h6-9,22H,10-14H2,1-3H3;(H,6,7). The zero-order chi connectivity index (χ0) is 26.5. The van der Waals surface area contributed by atoms with E-state index in [4.69, 9.17) is 19.6 Å². The van der Waals surface area contributed by atoms with Crippen LogP contribution in [0.2, 0.25) is 0 Å². The van der Waals surface area contributed by atoms with Gasteiger partial charge in [0.1, 0.15) is 5.75 Å². The minimum absolute atomic E-state index is 0.205. The second-order valence-corrected chi connectivity index (χ2v) is 7.81. The number of aliphatic carboxylic acids is 1. The summed E-state index contributed by atoms with van der Waals surface area (Å²) in [5, 5.41) is 10.5. The van der Waals surface area contributed by atoms with Gasteiger partial charge in [-0.15, -0.1) is 5.92 Å². The molecule has 1 aliphatic heterocycles. The van der Waals surface area contributed by atoms with Crippen molar-refractivity contribution in [2.75, 3.05) is 31.1 Å². The molecule has 10 nitrogen and oxygen atoms in total. The lowest BCUT2D eigenvalue weighted by atomic mass is 10.2. The summed E-state index contributed by atoms with van der Waals surface area (Å²) in [5.41, 5.74) is 1.75. The number of aryl methyl sites for hydroxylation is 1. The second-order valence-electron chi connectivity index (χ2n) is 7.81. The van der Waals surface area contributed by atoms with Crippen molar-refractivity contribution in [3.05, 3.63) is 40.2 Å². The number of rotatable bonds is 4. The Morgan fingerprint density at radius 1 is 1.19 bits per heavy atom. The topological polar surface area (TPSA) is 115 Å². The fourth-order valence-corrected chi connectivity index (χ4v) is 3.35. The number of halogens is 3. The molecule has 1 aliphatic rings. The van der Waals surface area contributed by atoms with Crippen LogP contribution in [-0.4, -0.2) is 62.5 Å². The van der Waals surface area contributed by atoms with E-state index >= 15 is 0 Å². The Labute approximate surface area is 204 Å². The lowest BCUT2D eigenvalue weighted by molar-refractivity contribution is -0.192. The summed E-state index contributed by atoms with van der Waals surface area (Å²) in [5.74, 6) is 4.54. The maximum absolute atomic E-state index is 13.2. The van der Waals surface area contributed by atoms with Crippen molar-refractivity contribution in [3.63, 3.8) is 0 Å². The first-order valence-electron chi connectivity index (χ1n) is 10.9. The molecule has 1 saturated heterocycles. The van der Waals surface area contributed by atoms with Crippen LogP contribution in [0.5, 0.6) is 11.8 Å². The Kier molecular flexibility index (Phi) is 8.21. The van der Waals surface area contributed by atoms with Gasteiger partial charge in [-0.05, 0) is 26.0 Å². The van der Waals surface area contributed by atoms with Gasteiger partial charge in [-0.2, -0.15) is 23.1 Å². The van der Waals surface area contributed by atoms with Crippen molar-refractivity contribution < 1.29 is 27.8 Å². The van der Waals surface area contributed by atoms with Gasteiger partial charge in [0.2, 0.25) is 5.95 Å². The summed E-state index contributed by atoms with van der Waals surface area (Å²) in [6, 6.07) is 7.82. The summed E-state index contributed by atoms with van der Waals surface area (Å²) in [4.78, 5) is 33.5. The van der Waals surface area contributed by atoms with Crippen LogP contribution >= 0.6 is 0 Å². The monoisotopic (exact) mass is 506 g/mol. The third-order valence-corrected chi connectivity index (χ3v) is 5.21. The van der Waals surface area contributed by atoms with Gasteiger partial charge in [-0.25, -0.2) is 4.79 Å². The molecule has 2 N–H and O–H groups in total. The highest BCUT2D eigenvalue weighted by Crippen LogP contribution is 2.24. The normalized spacial score (nSPS) is 13.4. The van der Waals surface area contributed by atoms with E-state index < -0.39 is 12.1 Å². The number of carbonyl (C=O) groups is 1. The maximum Gasteiger partial charge on any atom is 0.490 e. The third kappa shape index (κ3) is 6.14. The summed E-state index contributed by atoms with van der Waals surface area (Å²) >= 11 is 0. The number of hydrogen-bond donors (Lipinski definition) is 2. The molecule has 13 heteroatoms. The van der Waals surface area contributed by atoms with E-state index in [0.29, 0.717) is 23.5 Å². The average molecular weight is 506 g/mol. The van der Waals surface area contributed by atoms with E-state index in [1.165, 1.54) is 4.57 Å². The zero-order valence-electron chi connectivity index (χ0n) is 19.9. The predicted octanol–water partition coefficient (Wildman–Crippen LogP) is 2.30. The molecule has 0 aliphatic carbocycles. The first-order valence-corrected chi connectivity index (χ1v) is 10.9. The number of benzene rings is 1. The number of nitrogens with one attached hydrogen (secondary N) is 1. The molecule has 3 aromatic rings. The Bertz CT molecular complexity index is 1350. The zero-order valence-corrected chi connectivity index (χ0v) is 19.9. The minimum atomic E-state index is -5.08. The number of carboxylic acids is 1. The molecule has 4 rings (SSSR count). The molecular formula is C23H25F3N6O4. The fraction of sp³-hybridized carbons (Fsp3) is 0.391. The van der Waals surface area contributed by atoms with E-state index in [1.54, 1.807) is 14.0 Å². The molecule has 36 heavy (non-hydrogen) atoms. The van der Waals surface area contributed by atoms with Crippen LogP contribution < -0.4 is 20.5 Å². The van der Waals surface area contributed by atoms with Gasteiger partial charge >= 0.3 is 18.2 Å².